The summed E-state index contributed by atoms with van der Waals surface area (Å²) in [6.45, 7) is 4.92. The lowest BCUT2D eigenvalue weighted by Crippen LogP contribution is -2.24. The Morgan fingerprint density at radius 3 is 2.36 bits per heavy atom. The number of phenolic OH excluding ortho intramolecular Hbond substituents is 1. The van der Waals surface area contributed by atoms with Crippen LogP contribution in [0.3, 0.4) is 0 Å². The van der Waals surface area contributed by atoms with E-state index in [-0.39, 0.29) is 11.7 Å². The molecule has 2 aromatic rings. The molecule has 2 aromatic carbocycles. The largest absolute Gasteiger partial charge is 0.507 e. The van der Waals surface area contributed by atoms with E-state index >= 15 is 0 Å². The molecule has 0 saturated carbocycles. The highest BCUT2D eigenvalue weighted by atomic mass is 16.3. The molecule has 3 nitrogen and oxygen atoms in total. The number of hydrogen-bond acceptors (Lipinski definition) is 2. The van der Waals surface area contributed by atoms with Crippen LogP contribution >= 0.6 is 0 Å². The summed E-state index contributed by atoms with van der Waals surface area (Å²) < 4.78 is 0. The summed E-state index contributed by atoms with van der Waals surface area (Å²) in [5.41, 5.74) is 1.53. The van der Waals surface area contributed by atoms with Crippen LogP contribution in [0.5, 0.6) is 5.75 Å². The minimum atomic E-state index is -0.185. The molecule has 0 aliphatic rings. The number of nitrogens with one attached hydrogen (secondary N) is 1. The Hall–Kier alpha value is -2.03. The highest BCUT2D eigenvalue weighted by molar-refractivity contribution is 6.09. The van der Waals surface area contributed by atoms with Gasteiger partial charge in [0.05, 0.1) is 5.56 Å². The van der Waals surface area contributed by atoms with Gasteiger partial charge < -0.3 is 10.4 Å². The molecule has 0 aliphatic heterocycles. The zero-order chi connectivity index (χ0) is 18.1. The Morgan fingerprint density at radius 2 is 1.64 bits per heavy atom. The normalized spacial score (nSPS) is 11.0. The van der Waals surface area contributed by atoms with Crippen molar-refractivity contribution in [2.75, 3.05) is 6.54 Å². The molecule has 0 fully saturated rings. The number of benzene rings is 2. The fraction of sp³-hybridized carbons (Fsp3) is 0.500. The quantitative estimate of drug-likeness (QED) is 0.543. The van der Waals surface area contributed by atoms with E-state index in [1.54, 1.807) is 6.07 Å². The van der Waals surface area contributed by atoms with E-state index in [1.165, 1.54) is 38.5 Å². The zero-order valence-corrected chi connectivity index (χ0v) is 15.6. The lowest BCUT2D eigenvalue weighted by Gasteiger charge is -2.10. The maximum atomic E-state index is 12.5. The van der Waals surface area contributed by atoms with Crippen molar-refractivity contribution in [3.05, 3.63) is 41.5 Å². The summed E-state index contributed by atoms with van der Waals surface area (Å²) in [5, 5.41) is 14.9. The average molecular weight is 341 g/mol. The highest BCUT2D eigenvalue weighted by Crippen LogP contribution is 2.27. The van der Waals surface area contributed by atoms with Crippen LogP contribution in [0.2, 0.25) is 0 Å². The second kappa shape index (κ2) is 10.1. The lowest BCUT2D eigenvalue weighted by atomic mass is 10.0. The van der Waals surface area contributed by atoms with Gasteiger partial charge in [0.25, 0.3) is 5.91 Å². The molecule has 0 heterocycles. The third-order valence-corrected chi connectivity index (χ3v) is 4.70. The minimum Gasteiger partial charge on any atom is -0.507 e. The van der Waals surface area contributed by atoms with Crippen molar-refractivity contribution in [2.45, 2.75) is 65.2 Å². The molecule has 25 heavy (non-hydrogen) atoms. The predicted octanol–water partition coefficient (Wildman–Crippen LogP) is 5.72. The fourth-order valence-corrected chi connectivity index (χ4v) is 3.23. The van der Waals surface area contributed by atoms with Crippen LogP contribution in [0.4, 0.5) is 0 Å². The molecule has 136 valence electrons. The molecule has 0 aliphatic carbocycles. The maximum Gasteiger partial charge on any atom is 0.255 e. The van der Waals surface area contributed by atoms with Crippen LogP contribution in [-0.4, -0.2) is 17.6 Å². The van der Waals surface area contributed by atoms with Crippen molar-refractivity contribution in [3.8, 4) is 5.75 Å². The molecule has 0 radical (unpaired) electrons. The number of carbonyl (C=O) groups excluding carboxylic acids is 1. The summed E-state index contributed by atoms with van der Waals surface area (Å²) in [6.07, 6.45) is 9.94. The van der Waals surface area contributed by atoms with Gasteiger partial charge in [0.2, 0.25) is 0 Å². The monoisotopic (exact) mass is 341 g/mol. The average Bonchev–Trinajstić information content (AvgIpc) is 2.60. The van der Waals surface area contributed by atoms with Gasteiger partial charge in [0, 0.05) is 6.54 Å². The maximum absolute atomic E-state index is 12.5. The first-order chi connectivity index (χ1) is 12.1. The molecule has 3 heteroatoms. The number of fused-ring (bicyclic) bond motifs is 1. The van der Waals surface area contributed by atoms with E-state index in [0.717, 1.165) is 29.2 Å². The topological polar surface area (TPSA) is 49.3 Å². The Labute approximate surface area is 151 Å². The van der Waals surface area contributed by atoms with Gasteiger partial charge in [-0.15, -0.1) is 0 Å². The first-order valence-electron chi connectivity index (χ1n) is 9.64. The predicted molar refractivity (Wildman–Crippen MR) is 105 cm³/mol. The third kappa shape index (κ3) is 5.77. The van der Waals surface area contributed by atoms with Gasteiger partial charge in [-0.3, -0.25) is 4.79 Å². The van der Waals surface area contributed by atoms with Crippen molar-refractivity contribution >= 4 is 16.7 Å². The Morgan fingerprint density at radius 1 is 0.960 bits per heavy atom. The highest BCUT2D eigenvalue weighted by Gasteiger charge is 2.14. The second-order valence-electron chi connectivity index (χ2n) is 6.92. The van der Waals surface area contributed by atoms with Crippen molar-refractivity contribution in [3.63, 3.8) is 0 Å². The standard InChI is InChI=1S/C22H31NO2/c1-3-4-5-6-7-8-9-10-15-23-22(25)21-19-13-11-17(2)16-18(19)12-14-20(21)24/h11-14,16,24H,3-10,15H2,1-2H3,(H,23,25). The summed E-state index contributed by atoms with van der Waals surface area (Å²) in [6, 6.07) is 9.37. The van der Waals surface area contributed by atoms with Crippen molar-refractivity contribution in [2.24, 2.45) is 0 Å². The number of aromatic hydroxyl groups is 1. The number of carbonyl (C=O) groups is 1. The summed E-state index contributed by atoms with van der Waals surface area (Å²) in [5.74, 6) is -0.139. The van der Waals surface area contributed by atoms with Crippen LogP contribution in [0, 0.1) is 6.92 Å². The van der Waals surface area contributed by atoms with Gasteiger partial charge in [0.1, 0.15) is 5.75 Å². The van der Waals surface area contributed by atoms with Gasteiger partial charge >= 0.3 is 0 Å². The summed E-state index contributed by atoms with van der Waals surface area (Å²) >= 11 is 0. The number of unbranched alkanes of at least 4 members (excludes halogenated alkanes) is 7. The SMILES string of the molecule is CCCCCCCCCCNC(=O)c1c(O)ccc2cc(C)ccc12. The van der Waals surface area contributed by atoms with Gasteiger partial charge in [-0.25, -0.2) is 0 Å². The Kier molecular flexibility index (Phi) is 7.77. The number of rotatable bonds is 10. The zero-order valence-electron chi connectivity index (χ0n) is 15.6. The van der Waals surface area contributed by atoms with E-state index in [4.69, 9.17) is 0 Å². The van der Waals surface area contributed by atoms with Crippen molar-refractivity contribution < 1.29 is 9.90 Å². The summed E-state index contributed by atoms with van der Waals surface area (Å²) in [7, 11) is 0. The first-order valence-corrected chi connectivity index (χ1v) is 9.64. The van der Waals surface area contributed by atoms with E-state index in [2.05, 4.69) is 12.2 Å². The summed E-state index contributed by atoms with van der Waals surface area (Å²) in [4.78, 5) is 12.5. The van der Waals surface area contributed by atoms with Crippen LogP contribution in [0.15, 0.2) is 30.3 Å². The van der Waals surface area contributed by atoms with E-state index in [1.807, 2.05) is 31.2 Å². The molecule has 0 atom stereocenters. The van der Waals surface area contributed by atoms with Crippen LogP contribution < -0.4 is 5.32 Å². The fourth-order valence-electron chi connectivity index (χ4n) is 3.23. The second-order valence-corrected chi connectivity index (χ2v) is 6.92. The molecule has 0 saturated heterocycles. The third-order valence-electron chi connectivity index (χ3n) is 4.70. The van der Waals surface area contributed by atoms with Crippen molar-refractivity contribution in [1.82, 2.24) is 5.32 Å². The molecular formula is C22H31NO2. The molecule has 0 unspecified atom stereocenters. The molecule has 0 spiro atoms. The molecule has 0 aromatic heterocycles. The number of hydrogen-bond donors (Lipinski definition) is 2. The van der Waals surface area contributed by atoms with Crippen LogP contribution in [-0.2, 0) is 0 Å². The van der Waals surface area contributed by atoms with E-state index in [0.29, 0.717) is 12.1 Å². The molecule has 0 bridgehead atoms. The molecular weight excluding hydrogens is 310 g/mol. The number of phenols is 1. The lowest BCUT2D eigenvalue weighted by molar-refractivity contribution is 0.0952. The molecule has 2 rings (SSSR count). The Bertz CT molecular complexity index is 694. The van der Waals surface area contributed by atoms with Crippen LogP contribution in [0.25, 0.3) is 10.8 Å². The first kappa shape index (κ1) is 19.3. The van der Waals surface area contributed by atoms with Gasteiger partial charge in [-0.1, -0.05) is 81.7 Å². The van der Waals surface area contributed by atoms with Gasteiger partial charge in [-0.05, 0) is 30.2 Å². The molecule has 1 amide bonds. The number of amides is 1. The minimum absolute atomic E-state index is 0.0461. The molecule has 2 N–H and O–H groups in total. The van der Waals surface area contributed by atoms with Crippen LogP contribution in [0.1, 0.15) is 74.2 Å². The Balaban J connectivity index is 1.81. The van der Waals surface area contributed by atoms with E-state index in [9.17, 15) is 9.90 Å². The number of aryl methyl sites for hydroxylation is 1. The smallest absolute Gasteiger partial charge is 0.255 e. The van der Waals surface area contributed by atoms with E-state index < -0.39 is 0 Å². The van der Waals surface area contributed by atoms with Crippen molar-refractivity contribution in [1.29, 1.82) is 0 Å². The van der Waals surface area contributed by atoms with Gasteiger partial charge in [-0.2, -0.15) is 0 Å². The van der Waals surface area contributed by atoms with Gasteiger partial charge in [0.15, 0.2) is 0 Å².